The van der Waals surface area contributed by atoms with E-state index in [1.165, 1.54) is 18.2 Å². The summed E-state index contributed by atoms with van der Waals surface area (Å²) in [5.41, 5.74) is 1.32. The molecule has 0 radical (unpaired) electrons. The second-order valence-electron chi connectivity index (χ2n) is 6.67. The van der Waals surface area contributed by atoms with E-state index in [9.17, 15) is 13.6 Å². The average Bonchev–Trinajstić information content (AvgIpc) is 2.74. The van der Waals surface area contributed by atoms with Gasteiger partial charge < -0.3 is 15.1 Å². The molecular formula is C21H19F2N5O. The summed E-state index contributed by atoms with van der Waals surface area (Å²) < 4.78 is 27.2. The summed E-state index contributed by atoms with van der Waals surface area (Å²) in [4.78, 5) is 16.3. The number of nitrogens with one attached hydrogen (secondary N) is 1. The number of aromatic nitrogens is 2. The van der Waals surface area contributed by atoms with Gasteiger partial charge >= 0.3 is 0 Å². The molecule has 29 heavy (non-hydrogen) atoms. The van der Waals surface area contributed by atoms with Gasteiger partial charge in [-0.1, -0.05) is 18.2 Å². The Kier molecular flexibility index (Phi) is 5.33. The van der Waals surface area contributed by atoms with Crippen LogP contribution in [0.15, 0.2) is 60.7 Å². The first-order chi connectivity index (χ1) is 14.1. The fourth-order valence-electron chi connectivity index (χ4n) is 3.25. The van der Waals surface area contributed by atoms with E-state index in [1.807, 2.05) is 4.90 Å². The minimum atomic E-state index is -0.357. The molecule has 1 saturated heterocycles. The zero-order valence-corrected chi connectivity index (χ0v) is 15.6. The number of carbonyl (C=O) groups excluding carboxylic acids is 1. The van der Waals surface area contributed by atoms with Gasteiger partial charge in [0.25, 0.3) is 5.91 Å². The third kappa shape index (κ3) is 4.31. The van der Waals surface area contributed by atoms with Crippen molar-refractivity contribution in [2.75, 3.05) is 36.4 Å². The molecule has 3 aromatic rings. The lowest BCUT2D eigenvalue weighted by Gasteiger charge is -2.36. The lowest BCUT2D eigenvalue weighted by atomic mass is 10.2. The summed E-state index contributed by atoms with van der Waals surface area (Å²) in [5, 5.41) is 10.9. The Labute approximate surface area is 166 Å². The number of benzene rings is 2. The molecule has 148 valence electrons. The number of carbonyl (C=O) groups is 1. The summed E-state index contributed by atoms with van der Waals surface area (Å²) in [6.07, 6.45) is 0. The molecule has 0 unspecified atom stereocenters. The van der Waals surface area contributed by atoms with Gasteiger partial charge in [-0.05, 0) is 42.5 Å². The number of rotatable bonds is 4. The molecule has 1 amide bonds. The zero-order valence-electron chi connectivity index (χ0n) is 15.6. The molecule has 1 aliphatic heterocycles. The van der Waals surface area contributed by atoms with E-state index < -0.39 is 0 Å². The summed E-state index contributed by atoms with van der Waals surface area (Å²) in [6.45, 7) is 2.02. The lowest BCUT2D eigenvalue weighted by molar-refractivity contribution is 0.0739. The van der Waals surface area contributed by atoms with E-state index in [4.69, 9.17) is 0 Å². The van der Waals surface area contributed by atoms with Gasteiger partial charge in [-0.2, -0.15) is 0 Å². The number of hydrogen-bond acceptors (Lipinski definition) is 5. The number of para-hydroxylation sites is 1. The van der Waals surface area contributed by atoms with Crippen LogP contribution < -0.4 is 10.2 Å². The first-order valence-corrected chi connectivity index (χ1v) is 9.25. The van der Waals surface area contributed by atoms with Crippen LogP contribution in [-0.4, -0.2) is 47.2 Å². The summed E-state index contributed by atoms with van der Waals surface area (Å²) in [6, 6.07) is 15.8. The van der Waals surface area contributed by atoms with Crippen LogP contribution in [0.3, 0.4) is 0 Å². The second kappa shape index (κ2) is 8.22. The molecule has 1 aromatic heterocycles. The highest BCUT2D eigenvalue weighted by Gasteiger charge is 2.24. The molecule has 4 rings (SSSR count). The van der Waals surface area contributed by atoms with Gasteiger partial charge in [0, 0.05) is 31.9 Å². The van der Waals surface area contributed by atoms with Crippen molar-refractivity contribution >= 4 is 23.1 Å². The molecule has 0 saturated carbocycles. The Morgan fingerprint density at radius 2 is 1.69 bits per heavy atom. The highest BCUT2D eigenvalue weighted by Crippen LogP contribution is 2.21. The van der Waals surface area contributed by atoms with Crippen LogP contribution in [-0.2, 0) is 0 Å². The molecule has 0 spiro atoms. The van der Waals surface area contributed by atoms with E-state index in [1.54, 1.807) is 47.4 Å². The van der Waals surface area contributed by atoms with Crippen molar-refractivity contribution in [3.05, 3.63) is 78.0 Å². The van der Waals surface area contributed by atoms with E-state index in [2.05, 4.69) is 15.5 Å². The maximum absolute atomic E-state index is 13.9. The third-order valence-corrected chi connectivity index (χ3v) is 4.74. The Morgan fingerprint density at radius 1 is 0.897 bits per heavy atom. The van der Waals surface area contributed by atoms with Crippen LogP contribution in [0.2, 0.25) is 0 Å². The number of hydrogen-bond donors (Lipinski definition) is 1. The Hall–Kier alpha value is -3.55. The van der Waals surface area contributed by atoms with E-state index in [0.717, 1.165) is 0 Å². The molecule has 0 aliphatic carbocycles. The van der Waals surface area contributed by atoms with Crippen molar-refractivity contribution < 1.29 is 13.6 Å². The van der Waals surface area contributed by atoms with Gasteiger partial charge in [-0.3, -0.25) is 4.79 Å². The van der Waals surface area contributed by atoms with Crippen molar-refractivity contribution in [2.45, 2.75) is 0 Å². The lowest BCUT2D eigenvalue weighted by Crippen LogP contribution is -2.49. The fraction of sp³-hybridized carbons (Fsp3) is 0.190. The van der Waals surface area contributed by atoms with Gasteiger partial charge in [-0.25, -0.2) is 8.78 Å². The van der Waals surface area contributed by atoms with E-state index in [-0.39, 0.29) is 23.2 Å². The maximum atomic E-state index is 13.9. The van der Waals surface area contributed by atoms with Crippen LogP contribution in [0.1, 0.15) is 10.5 Å². The average molecular weight is 395 g/mol. The van der Waals surface area contributed by atoms with Crippen molar-refractivity contribution in [2.24, 2.45) is 0 Å². The molecule has 6 nitrogen and oxygen atoms in total. The van der Waals surface area contributed by atoms with Crippen LogP contribution >= 0.6 is 0 Å². The molecule has 1 N–H and O–H groups in total. The molecule has 8 heteroatoms. The SMILES string of the molecule is O=C(c1ccc(Nc2cccc(F)c2)nn1)N1CCN(c2ccccc2F)CC1. The van der Waals surface area contributed by atoms with Crippen molar-refractivity contribution in [1.29, 1.82) is 0 Å². The Bertz CT molecular complexity index is 1000. The molecule has 1 aliphatic rings. The minimum absolute atomic E-state index is 0.219. The highest BCUT2D eigenvalue weighted by molar-refractivity contribution is 5.92. The second-order valence-corrected chi connectivity index (χ2v) is 6.67. The molecular weight excluding hydrogens is 376 g/mol. The largest absolute Gasteiger partial charge is 0.366 e. The smallest absolute Gasteiger partial charge is 0.274 e. The third-order valence-electron chi connectivity index (χ3n) is 4.74. The minimum Gasteiger partial charge on any atom is -0.366 e. The zero-order chi connectivity index (χ0) is 20.2. The number of piperazine rings is 1. The van der Waals surface area contributed by atoms with Crippen LogP contribution in [0, 0.1) is 11.6 Å². The summed E-state index contributed by atoms with van der Waals surface area (Å²) >= 11 is 0. The fourth-order valence-corrected chi connectivity index (χ4v) is 3.25. The van der Waals surface area contributed by atoms with Crippen molar-refractivity contribution in [3.8, 4) is 0 Å². The first-order valence-electron chi connectivity index (χ1n) is 9.25. The number of amides is 1. The van der Waals surface area contributed by atoms with Gasteiger partial charge in [0.15, 0.2) is 11.5 Å². The predicted molar refractivity (Wildman–Crippen MR) is 106 cm³/mol. The van der Waals surface area contributed by atoms with Gasteiger partial charge in [0.2, 0.25) is 0 Å². The molecule has 0 atom stereocenters. The molecule has 1 fully saturated rings. The van der Waals surface area contributed by atoms with E-state index in [0.29, 0.717) is 43.4 Å². The summed E-state index contributed by atoms with van der Waals surface area (Å²) in [7, 11) is 0. The van der Waals surface area contributed by atoms with Gasteiger partial charge in [-0.15, -0.1) is 10.2 Å². The number of halogens is 2. The Morgan fingerprint density at radius 3 is 2.38 bits per heavy atom. The van der Waals surface area contributed by atoms with Crippen LogP contribution in [0.4, 0.5) is 26.0 Å². The summed E-state index contributed by atoms with van der Waals surface area (Å²) in [5.74, 6) is -0.427. The number of anilines is 3. The quantitative estimate of drug-likeness (QED) is 0.733. The van der Waals surface area contributed by atoms with Crippen LogP contribution in [0.5, 0.6) is 0 Å². The molecule has 2 heterocycles. The van der Waals surface area contributed by atoms with Gasteiger partial charge in [0.1, 0.15) is 11.6 Å². The normalized spacial score (nSPS) is 14.0. The van der Waals surface area contributed by atoms with E-state index >= 15 is 0 Å². The highest BCUT2D eigenvalue weighted by atomic mass is 19.1. The monoisotopic (exact) mass is 395 g/mol. The standard InChI is InChI=1S/C21H19F2N5O/c22-15-4-3-5-16(14-15)24-20-9-8-18(25-26-20)21(29)28-12-10-27(11-13-28)19-7-2-1-6-17(19)23/h1-9,14H,10-13H2,(H,24,26). The maximum Gasteiger partial charge on any atom is 0.274 e. The number of nitrogens with zero attached hydrogens (tertiary/aromatic N) is 4. The van der Waals surface area contributed by atoms with Crippen molar-refractivity contribution in [3.63, 3.8) is 0 Å². The molecule has 0 bridgehead atoms. The molecule has 2 aromatic carbocycles. The van der Waals surface area contributed by atoms with Gasteiger partial charge in [0.05, 0.1) is 5.69 Å². The predicted octanol–water partition coefficient (Wildman–Crippen LogP) is 3.46. The topological polar surface area (TPSA) is 61.4 Å². The first kappa shape index (κ1) is 18.8. The van der Waals surface area contributed by atoms with Crippen LogP contribution in [0.25, 0.3) is 0 Å². The Balaban J connectivity index is 1.37. The van der Waals surface area contributed by atoms with Crippen molar-refractivity contribution in [1.82, 2.24) is 15.1 Å².